The zero-order valence-electron chi connectivity index (χ0n) is 33.2. The summed E-state index contributed by atoms with van der Waals surface area (Å²) in [5, 5.41) is 7.84. The van der Waals surface area contributed by atoms with Crippen molar-refractivity contribution in [2.45, 2.75) is 37.1 Å². The summed E-state index contributed by atoms with van der Waals surface area (Å²) in [7, 11) is -3.99. The van der Waals surface area contributed by atoms with Crippen molar-refractivity contribution in [1.82, 2.24) is 25.3 Å². The molecule has 2 aromatic heterocycles. The number of fused-ring (bicyclic) bond motifs is 5. The van der Waals surface area contributed by atoms with Crippen molar-refractivity contribution in [2.24, 2.45) is 0 Å². The van der Waals surface area contributed by atoms with Gasteiger partial charge in [0.25, 0.3) is 0 Å². The maximum absolute atomic E-state index is 12.8. The Labute approximate surface area is 355 Å². The Morgan fingerprint density at radius 1 is 0.839 bits per heavy atom. The number of carbonyl (C=O) groups excluding carboxylic acids is 2. The van der Waals surface area contributed by atoms with Crippen molar-refractivity contribution in [2.75, 3.05) is 44.4 Å². The number of halogens is 3. The molecular formula is C44H43F3N6O8S. The Morgan fingerprint density at radius 3 is 2.48 bits per heavy atom. The number of carbonyl (C=O) groups is 2. The van der Waals surface area contributed by atoms with Crippen LogP contribution in [0, 0.1) is 0 Å². The Hall–Kier alpha value is -6.63. The van der Waals surface area contributed by atoms with E-state index in [1.54, 1.807) is 6.20 Å². The third kappa shape index (κ3) is 11.6. The van der Waals surface area contributed by atoms with Crippen LogP contribution in [0.2, 0.25) is 0 Å². The number of anilines is 2. The predicted octanol–water partition coefficient (Wildman–Crippen LogP) is 7.14. The average molecular weight is 873 g/mol. The number of aryl methyl sites for hydroxylation is 1. The normalized spacial score (nSPS) is 12.5. The number of nitrogens with zero attached hydrogens (tertiary/aromatic N) is 2. The molecule has 0 spiro atoms. The number of sulfonamides is 1. The minimum absolute atomic E-state index is 0.0532. The van der Waals surface area contributed by atoms with Gasteiger partial charge in [-0.25, -0.2) is 13.1 Å². The van der Waals surface area contributed by atoms with Crippen LogP contribution in [0.4, 0.5) is 24.5 Å². The number of hydrogen-bond donors (Lipinski definition) is 4. The third-order valence-corrected chi connectivity index (χ3v) is 11.2. The first-order chi connectivity index (χ1) is 29.9. The molecule has 7 rings (SSSR count). The summed E-state index contributed by atoms with van der Waals surface area (Å²) >= 11 is 0. The van der Waals surface area contributed by atoms with Crippen molar-refractivity contribution < 1.29 is 50.1 Å². The summed E-state index contributed by atoms with van der Waals surface area (Å²) in [4.78, 5) is 34.2. The number of rotatable bonds is 20. The lowest BCUT2D eigenvalue weighted by Gasteiger charge is -2.33. The van der Waals surface area contributed by atoms with Crippen molar-refractivity contribution in [3.8, 4) is 17.2 Å². The number of benzene rings is 4. The van der Waals surface area contributed by atoms with Crippen LogP contribution in [0.3, 0.4) is 0 Å². The molecule has 0 bridgehead atoms. The minimum atomic E-state index is -4.89. The van der Waals surface area contributed by atoms with E-state index in [1.165, 1.54) is 12.3 Å². The number of alkyl halides is 3. The van der Waals surface area contributed by atoms with Crippen LogP contribution in [0.1, 0.15) is 24.0 Å². The monoisotopic (exact) mass is 872 g/mol. The van der Waals surface area contributed by atoms with Gasteiger partial charge in [-0.2, -0.15) is 0 Å². The fraction of sp³-hybridized carbons (Fsp3) is 0.250. The number of pyridine rings is 1. The van der Waals surface area contributed by atoms with Gasteiger partial charge in [0.1, 0.15) is 12.4 Å². The summed E-state index contributed by atoms with van der Waals surface area (Å²) in [6.07, 6.45) is 2.61. The van der Waals surface area contributed by atoms with Crippen molar-refractivity contribution in [3.05, 3.63) is 127 Å². The first-order valence-electron chi connectivity index (χ1n) is 19.7. The van der Waals surface area contributed by atoms with Crippen LogP contribution in [-0.2, 0) is 42.1 Å². The largest absolute Gasteiger partial charge is 0.573 e. The van der Waals surface area contributed by atoms with E-state index in [9.17, 15) is 31.2 Å². The molecule has 6 aromatic rings. The van der Waals surface area contributed by atoms with Crippen LogP contribution in [0.25, 0.3) is 21.8 Å². The Morgan fingerprint density at radius 2 is 1.65 bits per heavy atom. The van der Waals surface area contributed by atoms with Gasteiger partial charge in [-0.3, -0.25) is 14.6 Å². The van der Waals surface area contributed by atoms with Gasteiger partial charge in [0, 0.05) is 72.9 Å². The van der Waals surface area contributed by atoms with Gasteiger partial charge in [-0.15, -0.1) is 13.2 Å². The second-order valence-electron chi connectivity index (χ2n) is 14.1. The van der Waals surface area contributed by atoms with Crippen LogP contribution in [0.15, 0.2) is 121 Å². The standard InChI is InChI=1S/C44H43F3N6O8S/c45-44(46,47)61-32-9-11-33(12-10-32)62(56,57)51-18-3-21-53-38-4-1-2-5-40(38)60-41-27-31(7-14-39(41)53)28-50-43(55)17-22-58-24-25-59-23-20-49-42(54)15-8-30-6-13-34-35-29-48-19-16-36(35)52-37(34)26-30/h1-2,4-7,9-14,16-17,19,22,26-27,29,51-52H,3,8,15,18,20-21,23-25,28H2,(H,49,54)(H,50,55). The highest BCUT2D eigenvalue weighted by atomic mass is 32.2. The summed E-state index contributed by atoms with van der Waals surface area (Å²) in [6.45, 7) is 1.83. The first-order valence-corrected chi connectivity index (χ1v) is 21.2. The van der Waals surface area contributed by atoms with Gasteiger partial charge in [-0.1, -0.05) is 30.3 Å². The fourth-order valence-corrected chi connectivity index (χ4v) is 7.84. The van der Waals surface area contributed by atoms with Gasteiger partial charge in [0.05, 0.1) is 35.7 Å². The minimum Gasteiger partial charge on any atom is -0.499 e. The zero-order valence-corrected chi connectivity index (χ0v) is 34.1. The highest BCUT2D eigenvalue weighted by Crippen LogP contribution is 2.46. The van der Waals surface area contributed by atoms with E-state index in [4.69, 9.17) is 14.2 Å². The number of ether oxygens (including phenoxy) is 4. The topological polar surface area (TPSA) is 173 Å². The van der Waals surface area contributed by atoms with Crippen molar-refractivity contribution in [3.63, 3.8) is 0 Å². The predicted molar refractivity (Wildman–Crippen MR) is 226 cm³/mol. The molecule has 324 valence electrons. The third-order valence-electron chi connectivity index (χ3n) is 9.71. The molecule has 0 aliphatic carbocycles. The molecule has 1 aliphatic rings. The van der Waals surface area contributed by atoms with Gasteiger partial charge in [0.15, 0.2) is 11.5 Å². The molecule has 0 saturated heterocycles. The number of nitrogens with one attached hydrogen (secondary N) is 4. The lowest BCUT2D eigenvalue weighted by Crippen LogP contribution is -2.29. The van der Waals surface area contributed by atoms with E-state index in [-0.39, 0.29) is 43.0 Å². The molecule has 14 nitrogen and oxygen atoms in total. The molecule has 0 fully saturated rings. The number of amides is 2. The molecule has 2 amide bonds. The second kappa shape index (κ2) is 19.8. The first kappa shape index (κ1) is 43.5. The summed E-state index contributed by atoms with van der Waals surface area (Å²) < 4.78 is 86.4. The number of aromatic nitrogens is 2. The quantitative estimate of drug-likeness (QED) is 0.0351. The van der Waals surface area contributed by atoms with E-state index < -0.39 is 22.1 Å². The molecule has 4 aromatic carbocycles. The Balaban J connectivity index is 0.784. The van der Waals surface area contributed by atoms with Crippen LogP contribution >= 0.6 is 0 Å². The zero-order chi connectivity index (χ0) is 43.5. The molecule has 3 heterocycles. The summed E-state index contributed by atoms with van der Waals surface area (Å²) in [5.41, 5.74) is 5.41. The smallest absolute Gasteiger partial charge is 0.499 e. The number of H-pyrrole nitrogens is 1. The van der Waals surface area contributed by atoms with Crippen molar-refractivity contribution >= 4 is 55.0 Å². The maximum Gasteiger partial charge on any atom is 0.573 e. The highest BCUT2D eigenvalue weighted by Gasteiger charge is 2.31. The van der Waals surface area contributed by atoms with E-state index in [1.807, 2.05) is 65.7 Å². The van der Waals surface area contributed by atoms with E-state index in [0.717, 1.165) is 68.6 Å². The molecule has 0 radical (unpaired) electrons. The fourth-order valence-electron chi connectivity index (χ4n) is 6.77. The number of aromatic amines is 1. The molecular weight excluding hydrogens is 830 g/mol. The lowest BCUT2D eigenvalue weighted by atomic mass is 10.1. The number of para-hydroxylation sites is 2. The average Bonchev–Trinajstić information content (AvgIpc) is 3.63. The van der Waals surface area contributed by atoms with E-state index in [0.29, 0.717) is 50.5 Å². The maximum atomic E-state index is 12.8. The SMILES string of the molecule is O=C(C=COCCOCCNC(=O)CCc1ccc2c(c1)[nH]c1ccncc12)NCc1ccc2c(c1)Oc1ccccc1N2CCCNS(=O)(=O)c1ccc(OC(F)(F)F)cc1. The molecule has 1 aliphatic heterocycles. The van der Waals surface area contributed by atoms with E-state index >= 15 is 0 Å². The molecule has 18 heteroatoms. The Kier molecular flexibility index (Phi) is 13.9. The summed E-state index contributed by atoms with van der Waals surface area (Å²) in [5.74, 6) is 0.192. The second-order valence-corrected chi connectivity index (χ2v) is 15.8. The highest BCUT2D eigenvalue weighted by molar-refractivity contribution is 7.89. The molecule has 0 atom stereocenters. The van der Waals surface area contributed by atoms with Crippen molar-refractivity contribution in [1.29, 1.82) is 0 Å². The van der Waals surface area contributed by atoms with Crippen LogP contribution < -0.4 is 29.7 Å². The summed E-state index contributed by atoms with van der Waals surface area (Å²) in [6, 6.07) is 25.0. The van der Waals surface area contributed by atoms with Gasteiger partial charge in [-0.05, 0) is 84.6 Å². The van der Waals surface area contributed by atoms with Crippen LogP contribution in [0.5, 0.6) is 17.2 Å². The van der Waals surface area contributed by atoms with Gasteiger partial charge in [0.2, 0.25) is 21.8 Å². The molecule has 0 saturated carbocycles. The van der Waals surface area contributed by atoms with Crippen LogP contribution in [-0.4, -0.2) is 76.0 Å². The van der Waals surface area contributed by atoms with E-state index in [2.05, 4.69) is 42.2 Å². The molecule has 62 heavy (non-hydrogen) atoms. The number of hydrogen-bond acceptors (Lipinski definition) is 10. The lowest BCUT2D eigenvalue weighted by molar-refractivity contribution is -0.274. The molecule has 0 unspecified atom stereocenters. The molecule has 4 N–H and O–H groups in total. The van der Waals surface area contributed by atoms with Gasteiger partial charge >= 0.3 is 6.36 Å². The Bertz CT molecular complexity index is 2660. The van der Waals surface area contributed by atoms with Gasteiger partial charge < -0.3 is 39.5 Å².